The fourth-order valence-corrected chi connectivity index (χ4v) is 3.02. The van der Waals surface area contributed by atoms with E-state index in [1.165, 1.54) is 6.07 Å². The van der Waals surface area contributed by atoms with Crippen LogP contribution >= 0.6 is 0 Å². The number of fused-ring (bicyclic) bond motifs is 1. The minimum Gasteiger partial charge on any atom is -0.320 e. The molecule has 1 aromatic heterocycles. The molecule has 1 heterocycles. The molecule has 10 heteroatoms. The van der Waals surface area contributed by atoms with E-state index in [1.807, 2.05) is 0 Å². The third-order valence-corrected chi connectivity index (χ3v) is 4.45. The first-order valence-electron chi connectivity index (χ1n) is 8.45. The van der Waals surface area contributed by atoms with E-state index in [0.717, 1.165) is 30.0 Å². The van der Waals surface area contributed by atoms with Crippen LogP contribution in [0.2, 0.25) is 0 Å². The summed E-state index contributed by atoms with van der Waals surface area (Å²) in [6.45, 7) is 1.73. The van der Waals surface area contributed by atoms with Crippen LogP contribution in [0.3, 0.4) is 0 Å². The zero-order valence-electron chi connectivity index (χ0n) is 15.2. The SMILES string of the molecule is Cc1cccc(C(=O)Nc2ccc(C(F)(C(F)(F)F)C(F)(F)F)c3cccnc23)c1. The first-order chi connectivity index (χ1) is 13.9. The molecule has 0 fully saturated rings. The Balaban J connectivity index is 2.16. The third-order valence-electron chi connectivity index (χ3n) is 4.45. The number of halogens is 7. The fourth-order valence-electron chi connectivity index (χ4n) is 3.02. The lowest BCUT2D eigenvalue weighted by Gasteiger charge is -2.31. The largest absolute Gasteiger partial charge is 0.435 e. The van der Waals surface area contributed by atoms with Crippen LogP contribution in [0.5, 0.6) is 0 Å². The summed E-state index contributed by atoms with van der Waals surface area (Å²) < 4.78 is 93.8. The molecular formula is C20H13F7N2O. The van der Waals surface area contributed by atoms with E-state index in [2.05, 4.69) is 10.3 Å². The molecule has 3 nitrogen and oxygen atoms in total. The van der Waals surface area contributed by atoms with Crippen LogP contribution in [0.25, 0.3) is 10.9 Å². The van der Waals surface area contributed by atoms with Crippen LogP contribution in [-0.2, 0) is 5.67 Å². The van der Waals surface area contributed by atoms with E-state index in [1.54, 1.807) is 25.1 Å². The Morgan fingerprint density at radius 2 is 1.57 bits per heavy atom. The predicted octanol–water partition coefficient (Wildman–Crippen LogP) is 6.08. The summed E-state index contributed by atoms with van der Waals surface area (Å²) in [6.07, 6.45) is -11.4. The van der Waals surface area contributed by atoms with Gasteiger partial charge in [0.15, 0.2) is 0 Å². The van der Waals surface area contributed by atoms with Gasteiger partial charge >= 0.3 is 18.0 Å². The number of aromatic nitrogens is 1. The monoisotopic (exact) mass is 430 g/mol. The van der Waals surface area contributed by atoms with Crippen molar-refractivity contribution in [1.82, 2.24) is 4.98 Å². The molecule has 158 valence electrons. The number of aryl methyl sites for hydroxylation is 1. The van der Waals surface area contributed by atoms with E-state index >= 15 is 0 Å². The van der Waals surface area contributed by atoms with Crippen LogP contribution in [0, 0.1) is 6.92 Å². The quantitative estimate of drug-likeness (QED) is 0.512. The summed E-state index contributed by atoms with van der Waals surface area (Å²) in [5, 5.41) is 1.67. The minimum atomic E-state index is -6.26. The lowest BCUT2D eigenvalue weighted by Crippen LogP contribution is -2.50. The molecule has 0 atom stereocenters. The van der Waals surface area contributed by atoms with E-state index in [-0.39, 0.29) is 11.3 Å². The molecule has 0 saturated heterocycles. The van der Waals surface area contributed by atoms with Crippen molar-refractivity contribution in [2.75, 3.05) is 5.32 Å². The predicted molar refractivity (Wildman–Crippen MR) is 95.8 cm³/mol. The number of nitrogens with one attached hydrogen (secondary N) is 1. The normalized spacial score (nSPS) is 12.8. The number of rotatable bonds is 3. The van der Waals surface area contributed by atoms with Gasteiger partial charge in [-0.25, -0.2) is 4.39 Å². The molecule has 2 aromatic carbocycles. The molecule has 0 aliphatic heterocycles. The average Bonchev–Trinajstić information content (AvgIpc) is 2.66. The maximum Gasteiger partial charge on any atom is 0.435 e. The van der Waals surface area contributed by atoms with Gasteiger partial charge in [-0.2, -0.15) is 26.3 Å². The molecule has 0 spiro atoms. The van der Waals surface area contributed by atoms with Crippen LogP contribution in [0.15, 0.2) is 54.7 Å². The second kappa shape index (κ2) is 7.26. The first kappa shape index (κ1) is 21.5. The minimum absolute atomic E-state index is 0.160. The van der Waals surface area contributed by atoms with Crippen molar-refractivity contribution in [3.63, 3.8) is 0 Å². The summed E-state index contributed by atoms with van der Waals surface area (Å²) in [6, 6.07) is 9.44. The summed E-state index contributed by atoms with van der Waals surface area (Å²) in [5.41, 5.74) is -6.86. The van der Waals surface area contributed by atoms with Gasteiger partial charge in [0.1, 0.15) is 0 Å². The topological polar surface area (TPSA) is 42.0 Å². The van der Waals surface area contributed by atoms with Crippen molar-refractivity contribution < 1.29 is 35.5 Å². The number of hydrogen-bond acceptors (Lipinski definition) is 2. The first-order valence-corrected chi connectivity index (χ1v) is 8.45. The Hall–Kier alpha value is -3.17. The summed E-state index contributed by atoms with van der Waals surface area (Å²) in [5.74, 6) is -0.656. The Morgan fingerprint density at radius 1 is 0.900 bits per heavy atom. The van der Waals surface area contributed by atoms with Gasteiger partial charge in [0, 0.05) is 22.7 Å². The van der Waals surface area contributed by atoms with E-state index in [4.69, 9.17) is 0 Å². The van der Waals surface area contributed by atoms with Gasteiger partial charge in [-0.1, -0.05) is 29.8 Å². The summed E-state index contributed by atoms with van der Waals surface area (Å²) in [7, 11) is 0. The molecule has 0 radical (unpaired) electrons. The van der Waals surface area contributed by atoms with Crippen molar-refractivity contribution in [3.8, 4) is 0 Å². The van der Waals surface area contributed by atoms with Gasteiger partial charge in [0.25, 0.3) is 5.91 Å². The second-order valence-corrected chi connectivity index (χ2v) is 6.54. The van der Waals surface area contributed by atoms with Crippen LogP contribution in [0.4, 0.5) is 36.4 Å². The Bertz CT molecular complexity index is 1090. The van der Waals surface area contributed by atoms with Crippen molar-refractivity contribution in [1.29, 1.82) is 0 Å². The number of carbonyl (C=O) groups is 1. The van der Waals surface area contributed by atoms with Crippen molar-refractivity contribution in [3.05, 3.63) is 71.4 Å². The number of carbonyl (C=O) groups excluding carboxylic acids is 1. The smallest absolute Gasteiger partial charge is 0.320 e. The molecule has 30 heavy (non-hydrogen) atoms. The molecule has 1 amide bonds. The molecular weight excluding hydrogens is 417 g/mol. The molecule has 3 rings (SSSR count). The van der Waals surface area contributed by atoms with Gasteiger partial charge < -0.3 is 5.32 Å². The zero-order valence-corrected chi connectivity index (χ0v) is 15.2. The van der Waals surface area contributed by atoms with Crippen LogP contribution < -0.4 is 5.32 Å². The molecule has 0 unspecified atom stereocenters. The molecule has 0 aliphatic rings. The highest BCUT2D eigenvalue weighted by atomic mass is 19.4. The van der Waals surface area contributed by atoms with Crippen molar-refractivity contribution in [2.24, 2.45) is 0 Å². The maximum absolute atomic E-state index is 14.6. The highest BCUT2D eigenvalue weighted by Gasteiger charge is 2.74. The van der Waals surface area contributed by atoms with Gasteiger partial charge in [0.05, 0.1) is 11.2 Å². The van der Waals surface area contributed by atoms with Gasteiger partial charge in [-0.3, -0.25) is 9.78 Å². The molecule has 1 N–H and O–H groups in total. The highest BCUT2D eigenvalue weighted by Crippen LogP contribution is 2.54. The molecule has 0 saturated carbocycles. The Labute approximate surface area is 165 Å². The second-order valence-electron chi connectivity index (χ2n) is 6.54. The summed E-state index contributed by atoms with van der Waals surface area (Å²) >= 11 is 0. The number of pyridine rings is 1. The molecule has 0 aliphatic carbocycles. The zero-order chi connectivity index (χ0) is 22.3. The van der Waals surface area contributed by atoms with E-state index in [0.29, 0.717) is 6.07 Å². The van der Waals surface area contributed by atoms with Gasteiger partial charge in [0.2, 0.25) is 0 Å². The highest BCUT2D eigenvalue weighted by molar-refractivity contribution is 6.08. The standard InChI is InChI=1S/C20H13F7N2O/c1-11-4-2-5-12(10-11)17(30)29-15-8-7-14(13-6-3-9-28-16(13)15)18(21,19(22,23)24)20(25,26)27/h2-10H,1H3,(H,29,30). The fraction of sp³-hybridized carbons (Fsp3) is 0.200. The maximum atomic E-state index is 14.6. The number of hydrogen-bond donors (Lipinski definition) is 1. The number of amides is 1. The summed E-state index contributed by atoms with van der Waals surface area (Å²) in [4.78, 5) is 16.2. The van der Waals surface area contributed by atoms with E-state index < -0.39 is 40.4 Å². The van der Waals surface area contributed by atoms with Crippen molar-refractivity contribution >= 4 is 22.5 Å². The van der Waals surface area contributed by atoms with Gasteiger partial charge in [-0.15, -0.1) is 0 Å². The van der Waals surface area contributed by atoms with Gasteiger partial charge in [-0.05, 0) is 31.2 Å². The number of benzene rings is 2. The third kappa shape index (κ3) is 3.57. The molecule has 0 bridgehead atoms. The number of nitrogens with zero attached hydrogens (tertiary/aromatic N) is 1. The number of anilines is 1. The average molecular weight is 430 g/mol. The van der Waals surface area contributed by atoms with Crippen LogP contribution in [0.1, 0.15) is 21.5 Å². The van der Waals surface area contributed by atoms with Crippen molar-refractivity contribution in [2.45, 2.75) is 24.9 Å². The molecule has 3 aromatic rings. The lowest BCUT2D eigenvalue weighted by atomic mass is 9.90. The lowest BCUT2D eigenvalue weighted by molar-refractivity contribution is -0.348. The number of alkyl halides is 7. The Kier molecular flexibility index (Phi) is 5.21. The van der Waals surface area contributed by atoms with E-state index in [9.17, 15) is 35.5 Å². The van der Waals surface area contributed by atoms with Crippen LogP contribution in [-0.4, -0.2) is 23.2 Å². The Morgan fingerprint density at radius 3 is 2.17 bits per heavy atom.